The van der Waals surface area contributed by atoms with Crippen LogP contribution in [0.2, 0.25) is 0 Å². The van der Waals surface area contributed by atoms with Gasteiger partial charge in [-0.3, -0.25) is 4.79 Å². The molecule has 3 heteroatoms. The minimum absolute atomic E-state index is 0.0649. The maximum absolute atomic E-state index is 12.3. The van der Waals surface area contributed by atoms with Crippen molar-refractivity contribution in [2.45, 2.75) is 20.8 Å². The lowest BCUT2D eigenvalue weighted by molar-refractivity contribution is 0.103. The maximum atomic E-state index is 12.3. The summed E-state index contributed by atoms with van der Waals surface area (Å²) >= 11 is 2.23. The molecule has 17 heavy (non-hydrogen) atoms. The third-order valence-electron chi connectivity index (χ3n) is 3.15. The van der Waals surface area contributed by atoms with Crippen LogP contribution in [-0.2, 0) is 0 Å². The molecule has 0 spiro atoms. The standard InChI is InChI=1S/C14H14INO/c1-8-9(2)13(16-10(8)3)14(17)11-4-6-12(15)7-5-11/h4-7,16H,1-3H3. The first-order valence-electron chi connectivity index (χ1n) is 5.46. The first kappa shape index (κ1) is 12.4. The molecule has 1 aromatic carbocycles. The van der Waals surface area contributed by atoms with Crippen LogP contribution in [0.4, 0.5) is 0 Å². The van der Waals surface area contributed by atoms with E-state index in [1.807, 2.05) is 45.0 Å². The second-order valence-corrected chi connectivity index (χ2v) is 5.46. The van der Waals surface area contributed by atoms with Gasteiger partial charge >= 0.3 is 0 Å². The number of halogens is 1. The summed E-state index contributed by atoms with van der Waals surface area (Å²) in [6, 6.07) is 7.64. The average Bonchev–Trinajstić information content (AvgIpc) is 2.57. The zero-order valence-corrected chi connectivity index (χ0v) is 12.3. The molecule has 0 fully saturated rings. The molecule has 0 radical (unpaired) electrons. The van der Waals surface area contributed by atoms with Gasteiger partial charge < -0.3 is 4.98 Å². The van der Waals surface area contributed by atoms with Gasteiger partial charge in [-0.25, -0.2) is 0 Å². The molecule has 2 nitrogen and oxygen atoms in total. The smallest absolute Gasteiger partial charge is 0.209 e. The molecule has 0 aliphatic carbocycles. The highest BCUT2D eigenvalue weighted by molar-refractivity contribution is 14.1. The number of ketones is 1. The van der Waals surface area contributed by atoms with E-state index in [1.54, 1.807) is 0 Å². The molecular weight excluding hydrogens is 325 g/mol. The minimum atomic E-state index is 0.0649. The van der Waals surface area contributed by atoms with Crippen molar-refractivity contribution in [2.24, 2.45) is 0 Å². The van der Waals surface area contributed by atoms with E-state index in [2.05, 4.69) is 27.6 Å². The Balaban J connectivity index is 2.44. The summed E-state index contributed by atoms with van der Waals surface area (Å²) in [4.78, 5) is 15.5. The number of carbonyl (C=O) groups is 1. The molecule has 0 aliphatic rings. The number of hydrogen-bond acceptors (Lipinski definition) is 1. The Morgan fingerprint density at radius 1 is 1.06 bits per heavy atom. The lowest BCUT2D eigenvalue weighted by atomic mass is 10.0. The van der Waals surface area contributed by atoms with E-state index in [1.165, 1.54) is 5.56 Å². The molecule has 0 bridgehead atoms. The van der Waals surface area contributed by atoms with Crippen LogP contribution in [0.1, 0.15) is 32.9 Å². The van der Waals surface area contributed by atoms with Gasteiger partial charge in [-0.1, -0.05) is 0 Å². The molecule has 0 saturated heterocycles. The Morgan fingerprint density at radius 2 is 1.65 bits per heavy atom. The van der Waals surface area contributed by atoms with Gasteiger partial charge in [-0.05, 0) is 78.8 Å². The summed E-state index contributed by atoms with van der Waals surface area (Å²) in [5.41, 5.74) is 4.72. The van der Waals surface area contributed by atoms with Crippen LogP contribution in [0.3, 0.4) is 0 Å². The molecule has 0 amide bonds. The third-order valence-corrected chi connectivity index (χ3v) is 3.87. The highest BCUT2D eigenvalue weighted by Gasteiger charge is 2.16. The highest BCUT2D eigenvalue weighted by atomic mass is 127. The predicted octanol–water partition coefficient (Wildman–Crippen LogP) is 3.78. The molecule has 1 aromatic heterocycles. The number of benzene rings is 1. The maximum Gasteiger partial charge on any atom is 0.209 e. The fraction of sp³-hybridized carbons (Fsp3) is 0.214. The van der Waals surface area contributed by atoms with Gasteiger partial charge in [0.1, 0.15) is 0 Å². The predicted molar refractivity (Wildman–Crippen MR) is 77.6 cm³/mol. The summed E-state index contributed by atoms with van der Waals surface area (Å²) < 4.78 is 1.13. The van der Waals surface area contributed by atoms with Crippen LogP contribution in [0.5, 0.6) is 0 Å². The van der Waals surface area contributed by atoms with Crippen molar-refractivity contribution in [3.63, 3.8) is 0 Å². The molecule has 0 atom stereocenters. The van der Waals surface area contributed by atoms with Crippen LogP contribution in [0.25, 0.3) is 0 Å². The van der Waals surface area contributed by atoms with Crippen LogP contribution in [-0.4, -0.2) is 10.8 Å². The molecule has 88 valence electrons. The van der Waals surface area contributed by atoms with E-state index in [0.717, 1.165) is 20.4 Å². The number of aromatic nitrogens is 1. The fourth-order valence-corrected chi connectivity index (χ4v) is 2.18. The van der Waals surface area contributed by atoms with E-state index in [0.29, 0.717) is 5.69 Å². The second kappa shape index (κ2) is 4.64. The normalized spacial score (nSPS) is 10.6. The van der Waals surface area contributed by atoms with Crippen LogP contribution >= 0.6 is 22.6 Å². The summed E-state index contributed by atoms with van der Waals surface area (Å²) in [6.07, 6.45) is 0. The van der Waals surface area contributed by atoms with Gasteiger partial charge in [0.15, 0.2) is 0 Å². The van der Waals surface area contributed by atoms with E-state index in [4.69, 9.17) is 0 Å². The van der Waals surface area contributed by atoms with Crippen molar-refractivity contribution < 1.29 is 4.79 Å². The van der Waals surface area contributed by atoms with Gasteiger partial charge in [0.2, 0.25) is 5.78 Å². The molecule has 0 aliphatic heterocycles. The molecule has 2 aromatic rings. The fourth-order valence-electron chi connectivity index (χ4n) is 1.82. The number of aryl methyl sites for hydroxylation is 1. The number of carbonyl (C=O) groups excluding carboxylic acids is 1. The SMILES string of the molecule is Cc1[nH]c(C(=O)c2ccc(I)cc2)c(C)c1C. The van der Waals surface area contributed by atoms with Crippen molar-refractivity contribution in [2.75, 3.05) is 0 Å². The monoisotopic (exact) mass is 339 g/mol. The number of rotatable bonds is 2. The van der Waals surface area contributed by atoms with Crippen LogP contribution in [0, 0.1) is 24.3 Å². The van der Waals surface area contributed by atoms with E-state index in [9.17, 15) is 4.79 Å². The van der Waals surface area contributed by atoms with Crippen molar-refractivity contribution in [1.82, 2.24) is 4.98 Å². The second-order valence-electron chi connectivity index (χ2n) is 4.21. The number of hydrogen-bond donors (Lipinski definition) is 1. The Labute approximate surface area is 115 Å². The zero-order chi connectivity index (χ0) is 12.6. The summed E-state index contributed by atoms with van der Waals surface area (Å²) in [6.45, 7) is 6.01. The minimum Gasteiger partial charge on any atom is -0.356 e. The Hall–Kier alpha value is -1.10. The lowest BCUT2D eigenvalue weighted by Gasteiger charge is -2.01. The van der Waals surface area contributed by atoms with E-state index < -0.39 is 0 Å². The van der Waals surface area contributed by atoms with Crippen LogP contribution < -0.4 is 0 Å². The zero-order valence-electron chi connectivity index (χ0n) is 10.1. The van der Waals surface area contributed by atoms with E-state index >= 15 is 0 Å². The van der Waals surface area contributed by atoms with Gasteiger partial charge in [-0.2, -0.15) is 0 Å². The first-order chi connectivity index (χ1) is 8.00. The Bertz CT molecular complexity index is 567. The molecular formula is C14H14INO. The summed E-state index contributed by atoms with van der Waals surface area (Å²) in [5.74, 6) is 0.0649. The molecule has 0 unspecified atom stereocenters. The van der Waals surface area contributed by atoms with Crippen molar-refractivity contribution in [3.8, 4) is 0 Å². The van der Waals surface area contributed by atoms with Crippen molar-refractivity contribution in [3.05, 3.63) is 55.9 Å². The van der Waals surface area contributed by atoms with Crippen molar-refractivity contribution >= 4 is 28.4 Å². The topological polar surface area (TPSA) is 32.9 Å². The molecule has 2 rings (SSSR count). The molecule has 1 heterocycles. The summed E-state index contributed by atoms with van der Waals surface area (Å²) in [7, 11) is 0. The van der Waals surface area contributed by atoms with Crippen LogP contribution in [0.15, 0.2) is 24.3 Å². The van der Waals surface area contributed by atoms with Crippen molar-refractivity contribution in [1.29, 1.82) is 0 Å². The van der Waals surface area contributed by atoms with Gasteiger partial charge in [0.25, 0.3) is 0 Å². The number of nitrogens with one attached hydrogen (secondary N) is 1. The Morgan fingerprint density at radius 3 is 2.12 bits per heavy atom. The largest absolute Gasteiger partial charge is 0.356 e. The molecule has 1 N–H and O–H groups in total. The molecule has 0 saturated carbocycles. The quantitative estimate of drug-likeness (QED) is 0.656. The van der Waals surface area contributed by atoms with Gasteiger partial charge in [0.05, 0.1) is 5.69 Å². The number of H-pyrrole nitrogens is 1. The Kier molecular flexibility index (Phi) is 3.38. The summed E-state index contributed by atoms with van der Waals surface area (Å²) in [5, 5.41) is 0. The van der Waals surface area contributed by atoms with Gasteiger partial charge in [-0.15, -0.1) is 0 Å². The highest BCUT2D eigenvalue weighted by Crippen LogP contribution is 2.20. The average molecular weight is 339 g/mol. The first-order valence-corrected chi connectivity index (χ1v) is 6.54. The third kappa shape index (κ3) is 2.29. The van der Waals surface area contributed by atoms with E-state index in [-0.39, 0.29) is 5.78 Å². The van der Waals surface area contributed by atoms with Gasteiger partial charge in [0, 0.05) is 14.8 Å². The lowest BCUT2D eigenvalue weighted by Crippen LogP contribution is -2.03. The number of aromatic amines is 1.